The van der Waals surface area contributed by atoms with Crippen LogP contribution in [0, 0.1) is 5.41 Å². The average molecular weight is 305 g/mol. The molecule has 1 fully saturated rings. The zero-order chi connectivity index (χ0) is 14.9. The summed E-state index contributed by atoms with van der Waals surface area (Å²) < 4.78 is 0. The molecular weight excluding hydrogens is 278 g/mol. The van der Waals surface area contributed by atoms with Crippen molar-refractivity contribution in [2.24, 2.45) is 5.41 Å². The molecular formula is C17H27N3S. The van der Waals surface area contributed by atoms with E-state index in [1.165, 1.54) is 30.0 Å². The van der Waals surface area contributed by atoms with Crippen LogP contribution >= 0.6 is 11.3 Å². The van der Waals surface area contributed by atoms with E-state index >= 15 is 0 Å². The first-order chi connectivity index (χ1) is 10.0. The number of aromatic nitrogens is 1. The SMILES string of the molecule is CC(C)(C)C1=CCN(Cc2csc(CNC3CC3)n2)CC1. The van der Waals surface area contributed by atoms with Gasteiger partial charge in [0.15, 0.2) is 0 Å². The van der Waals surface area contributed by atoms with Crippen molar-refractivity contribution >= 4 is 11.3 Å². The number of hydrogen-bond acceptors (Lipinski definition) is 4. The highest BCUT2D eigenvalue weighted by molar-refractivity contribution is 7.09. The van der Waals surface area contributed by atoms with Crippen LogP contribution in [0.3, 0.4) is 0 Å². The highest BCUT2D eigenvalue weighted by atomic mass is 32.1. The summed E-state index contributed by atoms with van der Waals surface area (Å²) >= 11 is 1.80. The van der Waals surface area contributed by atoms with Gasteiger partial charge in [-0.15, -0.1) is 11.3 Å². The molecule has 1 saturated carbocycles. The van der Waals surface area contributed by atoms with E-state index in [0.717, 1.165) is 32.2 Å². The van der Waals surface area contributed by atoms with E-state index in [2.05, 4.69) is 42.4 Å². The smallest absolute Gasteiger partial charge is 0.107 e. The lowest BCUT2D eigenvalue weighted by Crippen LogP contribution is -2.31. The standard InChI is InChI=1S/C17H27N3S/c1-17(2,3)13-6-8-20(9-7-13)11-15-12-21-16(19-15)10-18-14-4-5-14/h6,12,14,18H,4-5,7-11H2,1-3H3. The van der Waals surface area contributed by atoms with Crippen LogP contribution in [0.1, 0.15) is 50.7 Å². The number of thiazole rings is 1. The fraction of sp³-hybridized carbons (Fsp3) is 0.706. The topological polar surface area (TPSA) is 28.2 Å². The second-order valence-electron chi connectivity index (χ2n) is 7.35. The Kier molecular flexibility index (Phi) is 4.48. The van der Waals surface area contributed by atoms with Crippen LogP contribution in [-0.4, -0.2) is 29.0 Å². The van der Waals surface area contributed by atoms with E-state index in [-0.39, 0.29) is 0 Å². The van der Waals surface area contributed by atoms with Crippen molar-refractivity contribution in [3.63, 3.8) is 0 Å². The predicted molar refractivity (Wildman–Crippen MR) is 89.4 cm³/mol. The van der Waals surface area contributed by atoms with Crippen LogP contribution in [0.2, 0.25) is 0 Å². The van der Waals surface area contributed by atoms with Crippen molar-refractivity contribution in [3.8, 4) is 0 Å². The molecule has 1 N–H and O–H groups in total. The lowest BCUT2D eigenvalue weighted by atomic mass is 9.83. The third kappa shape index (κ3) is 4.38. The van der Waals surface area contributed by atoms with E-state index in [9.17, 15) is 0 Å². The third-order valence-electron chi connectivity index (χ3n) is 4.36. The Hall–Kier alpha value is -0.710. The van der Waals surface area contributed by atoms with Crippen LogP contribution in [0.25, 0.3) is 0 Å². The summed E-state index contributed by atoms with van der Waals surface area (Å²) in [6.07, 6.45) is 6.30. The zero-order valence-corrected chi connectivity index (χ0v) is 14.3. The Morgan fingerprint density at radius 3 is 2.81 bits per heavy atom. The summed E-state index contributed by atoms with van der Waals surface area (Å²) in [5, 5.41) is 7.00. The summed E-state index contributed by atoms with van der Waals surface area (Å²) in [6.45, 7) is 11.1. The molecule has 2 aliphatic rings. The molecule has 116 valence electrons. The number of rotatable bonds is 5. The maximum atomic E-state index is 4.77. The molecule has 0 unspecified atom stereocenters. The van der Waals surface area contributed by atoms with E-state index in [1.807, 2.05) is 0 Å². The zero-order valence-electron chi connectivity index (χ0n) is 13.5. The van der Waals surface area contributed by atoms with Gasteiger partial charge in [0.1, 0.15) is 5.01 Å². The maximum Gasteiger partial charge on any atom is 0.107 e. The van der Waals surface area contributed by atoms with Crippen molar-refractivity contribution in [1.29, 1.82) is 0 Å². The molecule has 0 radical (unpaired) electrons. The monoisotopic (exact) mass is 305 g/mol. The van der Waals surface area contributed by atoms with Gasteiger partial charge in [-0.05, 0) is 24.7 Å². The molecule has 21 heavy (non-hydrogen) atoms. The van der Waals surface area contributed by atoms with Gasteiger partial charge in [0.05, 0.1) is 5.69 Å². The summed E-state index contributed by atoms with van der Waals surface area (Å²) in [5.74, 6) is 0. The van der Waals surface area contributed by atoms with E-state index < -0.39 is 0 Å². The molecule has 1 aromatic rings. The average Bonchev–Trinajstić information content (AvgIpc) is 3.16. The number of hydrogen-bond donors (Lipinski definition) is 1. The molecule has 3 rings (SSSR count). The van der Waals surface area contributed by atoms with Crippen LogP contribution in [0.4, 0.5) is 0 Å². The number of nitrogens with one attached hydrogen (secondary N) is 1. The summed E-state index contributed by atoms with van der Waals surface area (Å²) in [5.41, 5.74) is 3.17. The lowest BCUT2D eigenvalue weighted by Gasteiger charge is -2.31. The molecule has 0 atom stereocenters. The van der Waals surface area contributed by atoms with Gasteiger partial charge < -0.3 is 5.32 Å². The second kappa shape index (κ2) is 6.19. The Balaban J connectivity index is 1.49. The molecule has 0 bridgehead atoms. The van der Waals surface area contributed by atoms with Gasteiger partial charge in [-0.3, -0.25) is 4.90 Å². The molecule has 4 heteroatoms. The minimum atomic E-state index is 0.328. The van der Waals surface area contributed by atoms with Gasteiger partial charge in [0.25, 0.3) is 0 Å². The molecule has 1 aromatic heterocycles. The minimum Gasteiger partial charge on any atom is -0.308 e. The normalized spacial score (nSPS) is 20.6. The predicted octanol–water partition coefficient (Wildman–Crippen LogP) is 3.57. The molecule has 1 aliphatic carbocycles. The third-order valence-corrected chi connectivity index (χ3v) is 5.26. The molecule has 3 nitrogen and oxygen atoms in total. The Morgan fingerprint density at radius 2 is 2.19 bits per heavy atom. The van der Waals surface area contributed by atoms with Gasteiger partial charge in [-0.2, -0.15) is 0 Å². The van der Waals surface area contributed by atoms with Gasteiger partial charge in [-0.1, -0.05) is 32.4 Å². The molecule has 0 saturated heterocycles. The van der Waals surface area contributed by atoms with Crippen molar-refractivity contribution in [1.82, 2.24) is 15.2 Å². The van der Waals surface area contributed by atoms with Gasteiger partial charge in [0.2, 0.25) is 0 Å². The Bertz CT molecular complexity index is 508. The fourth-order valence-electron chi connectivity index (χ4n) is 2.79. The summed E-state index contributed by atoms with van der Waals surface area (Å²) in [7, 11) is 0. The largest absolute Gasteiger partial charge is 0.308 e. The van der Waals surface area contributed by atoms with Gasteiger partial charge in [-0.25, -0.2) is 4.98 Å². The Labute approximate surface area is 132 Å². The number of nitrogens with zero attached hydrogens (tertiary/aromatic N) is 2. The first-order valence-electron chi connectivity index (χ1n) is 8.09. The maximum absolute atomic E-state index is 4.77. The summed E-state index contributed by atoms with van der Waals surface area (Å²) in [4.78, 5) is 7.27. The van der Waals surface area contributed by atoms with E-state index in [4.69, 9.17) is 4.98 Å². The summed E-state index contributed by atoms with van der Waals surface area (Å²) in [6, 6.07) is 0.764. The van der Waals surface area contributed by atoms with Crippen molar-refractivity contribution in [3.05, 3.63) is 27.7 Å². The highest BCUT2D eigenvalue weighted by Gasteiger charge is 2.22. The second-order valence-corrected chi connectivity index (χ2v) is 8.29. The lowest BCUT2D eigenvalue weighted by molar-refractivity contribution is 0.269. The Morgan fingerprint density at radius 1 is 1.38 bits per heavy atom. The molecule has 0 aromatic carbocycles. The van der Waals surface area contributed by atoms with Crippen LogP contribution in [0.5, 0.6) is 0 Å². The van der Waals surface area contributed by atoms with Crippen LogP contribution in [-0.2, 0) is 13.1 Å². The van der Waals surface area contributed by atoms with E-state index in [0.29, 0.717) is 5.41 Å². The van der Waals surface area contributed by atoms with Crippen molar-refractivity contribution in [2.45, 2.75) is 59.2 Å². The fourth-order valence-corrected chi connectivity index (χ4v) is 3.52. The van der Waals surface area contributed by atoms with Crippen molar-refractivity contribution in [2.75, 3.05) is 13.1 Å². The van der Waals surface area contributed by atoms with Gasteiger partial charge >= 0.3 is 0 Å². The van der Waals surface area contributed by atoms with Gasteiger partial charge in [0, 0.05) is 37.6 Å². The van der Waals surface area contributed by atoms with E-state index in [1.54, 1.807) is 16.9 Å². The molecule has 0 spiro atoms. The quantitative estimate of drug-likeness (QED) is 0.843. The van der Waals surface area contributed by atoms with Crippen molar-refractivity contribution < 1.29 is 0 Å². The molecule has 2 heterocycles. The minimum absolute atomic E-state index is 0.328. The van der Waals surface area contributed by atoms with Crippen LogP contribution in [0.15, 0.2) is 17.0 Å². The first kappa shape index (κ1) is 15.2. The highest BCUT2D eigenvalue weighted by Crippen LogP contribution is 2.30. The van der Waals surface area contributed by atoms with Crippen LogP contribution < -0.4 is 5.32 Å². The molecule has 0 amide bonds. The first-order valence-corrected chi connectivity index (χ1v) is 8.97. The molecule has 1 aliphatic heterocycles.